The van der Waals surface area contributed by atoms with Crippen LogP contribution >= 0.6 is 0 Å². The van der Waals surface area contributed by atoms with Crippen LogP contribution in [-0.2, 0) is 0 Å². The average Bonchev–Trinajstić information content (AvgIpc) is 3.17. The van der Waals surface area contributed by atoms with Gasteiger partial charge < -0.3 is 14.6 Å². The number of aromatic amines is 1. The predicted molar refractivity (Wildman–Crippen MR) is 109 cm³/mol. The molecule has 6 nitrogen and oxygen atoms in total. The van der Waals surface area contributed by atoms with Gasteiger partial charge in [-0.2, -0.15) is 0 Å². The molecule has 1 aromatic heterocycles. The Bertz CT molecular complexity index is 1140. The molecule has 1 saturated heterocycles. The second-order valence-electron chi connectivity index (χ2n) is 8.24. The van der Waals surface area contributed by atoms with Crippen LogP contribution in [0.1, 0.15) is 51.1 Å². The van der Waals surface area contributed by atoms with Crippen LogP contribution < -0.4 is 4.74 Å². The van der Waals surface area contributed by atoms with Gasteiger partial charge in [0.2, 0.25) is 0 Å². The Balaban J connectivity index is 1.33. The molecule has 0 unspecified atom stereocenters. The molecular weight excluding hydrogens is 366 g/mol. The van der Waals surface area contributed by atoms with Gasteiger partial charge in [-0.25, -0.2) is 4.98 Å². The Morgan fingerprint density at radius 3 is 2.69 bits per heavy atom. The maximum atomic E-state index is 13.0. The van der Waals surface area contributed by atoms with Crippen LogP contribution in [0, 0.1) is 13.8 Å². The van der Waals surface area contributed by atoms with E-state index in [9.17, 15) is 9.59 Å². The highest BCUT2D eigenvalue weighted by molar-refractivity contribution is 6.01. The van der Waals surface area contributed by atoms with E-state index in [1.807, 2.05) is 49.1 Å². The van der Waals surface area contributed by atoms with Gasteiger partial charge in [0.1, 0.15) is 11.4 Å². The molecule has 0 atom stereocenters. The number of likely N-dealkylation sites (tertiary alicyclic amines) is 1. The first-order valence-corrected chi connectivity index (χ1v) is 10.00. The zero-order chi connectivity index (χ0) is 20.2. The van der Waals surface area contributed by atoms with Gasteiger partial charge in [0.25, 0.3) is 5.91 Å². The minimum Gasteiger partial charge on any atom is -0.486 e. The van der Waals surface area contributed by atoms with Crippen LogP contribution in [0.2, 0.25) is 0 Å². The third-order valence-electron chi connectivity index (χ3n) is 6.33. The number of ether oxygens (including phenoxy) is 1. The van der Waals surface area contributed by atoms with Crippen LogP contribution in [0.3, 0.4) is 0 Å². The third-order valence-corrected chi connectivity index (χ3v) is 6.33. The lowest BCUT2D eigenvalue weighted by Gasteiger charge is -2.44. The Morgan fingerprint density at radius 1 is 1.14 bits per heavy atom. The Hall–Kier alpha value is -3.15. The summed E-state index contributed by atoms with van der Waals surface area (Å²) in [4.78, 5) is 34.9. The van der Waals surface area contributed by atoms with Gasteiger partial charge in [-0.15, -0.1) is 0 Å². The quantitative estimate of drug-likeness (QED) is 0.687. The van der Waals surface area contributed by atoms with Gasteiger partial charge in [0.15, 0.2) is 5.78 Å². The number of fused-ring (bicyclic) bond motifs is 2. The van der Waals surface area contributed by atoms with E-state index in [0.29, 0.717) is 49.2 Å². The summed E-state index contributed by atoms with van der Waals surface area (Å²) >= 11 is 0. The van der Waals surface area contributed by atoms with E-state index in [4.69, 9.17) is 4.74 Å². The predicted octanol–water partition coefficient (Wildman–Crippen LogP) is 3.82. The molecule has 1 N–H and O–H groups in total. The second-order valence-corrected chi connectivity index (χ2v) is 8.24. The molecule has 0 radical (unpaired) electrons. The zero-order valence-electron chi connectivity index (χ0n) is 16.6. The summed E-state index contributed by atoms with van der Waals surface area (Å²) < 4.78 is 6.38. The normalized spacial score (nSPS) is 18.0. The molecule has 1 fully saturated rings. The van der Waals surface area contributed by atoms with Crippen molar-refractivity contribution < 1.29 is 14.3 Å². The molecule has 2 aliphatic rings. The minimum atomic E-state index is -0.504. The molecule has 3 aromatic rings. The molecule has 1 spiro atoms. The first kappa shape index (κ1) is 17.9. The molecule has 2 aliphatic heterocycles. The van der Waals surface area contributed by atoms with Crippen molar-refractivity contribution in [1.82, 2.24) is 14.9 Å². The summed E-state index contributed by atoms with van der Waals surface area (Å²) in [6, 6.07) is 9.42. The summed E-state index contributed by atoms with van der Waals surface area (Å²) in [5.41, 5.74) is 4.75. The maximum absolute atomic E-state index is 13.0. The van der Waals surface area contributed by atoms with Gasteiger partial charge in [0, 0.05) is 31.5 Å². The number of rotatable bonds is 1. The molecule has 3 heterocycles. The highest BCUT2D eigenvalue weighted by atomic mass is 16.5. The summed E-state index contributed by atoms with van der Waals surface area (Å²) in [5.74, 6) is 0.831. The maximum Gasteiger partial charge on any atom is 0.253 e. The smallest absolute Gasteiger partial charge is 0.253 e. The minimum absolute atomic E-state index is 0.00496. The topological polar surface area (TPSA) is 75.3 Å². The fraction of sp³-hybridized carbons (Fsp3) is 0.348. The van der Waals surface area contributed by atoms with E-state index in [-0.39, 0.29) is 11.7 Å². The molecular formula is C23H23N3O3. The largest absolute Gasteiger partial charge is 0.486 e. The Morgan fingerprint density at radius 2 is 1.90 bits per heavy atom. The number of imidazole rings is 1. The van der Waals surface area contributed by atoms with Gasteiger partial charge in [-0.3, -0.25) is 9.59 Å². The zero-order valence-corrected chi connectivity index (χ0v) is 16.6. The highest BCUT2D eigenvalue weighted by Gasteiger charge is 2.43. The number of carbonyl (C=O) groups is 2. The number of aryl methyl sites for hydroxylation is 2. The van der Waals surface area contributed by atoms with E-state index in [1.165, 1.54) is 0 Å². The van der Waals surface area contributed by atoms with Gasteiger partial charge in [0.05, 0.1) is 29.3 Å². The number of hydrogen-bond acceptors (Lipinski definition) is 4. The molecule has 1 amide bonds. The van der Waals surface area contributed by atoms with Crippen molar-refractivity contribution in [1.29, 1.82) is 0 Å². The van der Waals surface area contributed by atoms with Crippen LogP contribution in [0.15, 0.2) is 36.7 Å². The first-order valence-electron chi connectivity index (χ1n) is 10.00. The Kier molecular flexibility index (Phi) is 3.98. The monoisotopic (exact) mass is 389 g/mol. The van der Waals surface area contributed by atoms with Crippen molar-refractivity contribution in [2.75, 3.05) is 13.1 Å². The standard InChI is InChI=1S/C23H23N3O3/c1-14-9-17-20(27)12-23(29-21(17)10-15(14)2)5-7-26(8-6-23)22(28)16-3-4-18-19(11-16)25-13-24-18/h3-4,9-11,13H,5-8,12H2,1-2H3,(H,24,25). The van der Waals surface area contributed by atoms with Gasteiger partial charge >= 0.3 is 0 Å². The summed E-state index contributed by atoms with van der Waals surface area (Å²) in [7, 11) is 0. The average molecular weight is 389 g/mol. The number of nitrogens with zero attached hydrogens (tertiary/aromatic N) is 2. The molecule has 0 aliphatic carbocycles. The van der Waals surface area contributed by atoms with Crippen LogP contribution in [0.4, 0.5) is 0 Å². The number of Topliss-reactive ketones (excluding diaryl/α,β-unsaturated/α-hetero) is 1. The van der Waals surface area contributed by atoms with Crippen LogP contribution in [-0.4, -0.2) is 45.2 Å². The van der Waals surface area contributed by atoms with Crippen molar-refractivity contribution in [3.05, 3.63) is 58.9 Å². The summed E-state index contributed by atoms with van der Waals surface area (Å²) in [6.45, 7) is 5.20. The van der Waals surface area contributed by atoms with Gasteiger partial charge in [-0.05, 0) is 55.3 Å². The summed E-state index contributed by atoms with van der Waals surface area (Å²) in [6.07, 6.45) is 3.32. The SMILES string of the molecule is Cc1cc2c(cc1C)C(=O)CC1(CCN(C(=O)c3ccc4nc[nH]c4c3)CC1)O2. The molecule has 148 valence electrons. The number of carbonyl (C=O) groups excluding carboxylic acids is 2. The second kappa shape index (κ2) is 6.44. The van der Waals surface area contributed by atoms with E-state index in [0.717, 1.165) is 22.2 Å². The van der Waals surface area contributed by atoms with E-state index in [1.54, 1.807) is 6.33 Å². The fourth-order valence-electron chi connectivity index (χ4n) is 4.40. The first-order chi connectivity index (χ1) is 13.9. The fourth-order valence-corrected chi connectivity index (χ4v) is 4.40. The molecule has 0 saturated carbocycles. The van der Waals surface area contributed by atoms with E-state index >= 15 is 0 Å². The highest BCUT2D eigenvalue weighted by Crippen LogP contribution is 2.40. The van der Waals surface area contributed by atoms with Crippen molar-refractivity contribution in [2.45, 2.75) is 38.7 Å². The number of H-pyrrole nitrogens is 1. The lowest BCUT2D eigenvalue weighted by Crippen LogP contribution is -2.52. The lowest BCUT2D eigenvalue weighted by molar-refractivity contribution is -0.00575. The number of benzene rings is 2. The number of aromatic nitrogens is 2. The van der Waals surface area contributed by atoms with Crippen LogP contribution in [0.25, 0.3) is 11.0 Å². The Labute approximate surface area is 168 Å². The lowest BCUT2D eigenvalue weighted by atomic mass is 9.81. The molecule has 29 heavy (non-hydrogen) atoms. The van der Waals surface area contributed by atoms with E-state index < -0.39 is 5.60 Å². The van der Waals surface area contributed by atoms with E-state index in [2.05, 4.69) is 9.97 Å². The number of amides is 1. The third kappa shape index (κ3) is 2.99. The molecule has 2 aromatic carbocycles. The van der Waals surface area contributed by atoms with Crippen molar-refractivity contribution >= 4 is 22.7 Å². The summed E-state index contributed by atoms with van der Waals surface area (Å²) in [5, 5.41) is 0. The molecule has 6 heteroatoms. The number of ketones is 1. The van der Waals surface area contributed by atoms with Crippen LogP contribution in [0.5, 0.6) is 5.75 Å². The van der Waals surface area contributed by atoms with Crippen molar-refractivity contribution in [3.63, 3.8) is 0 Å². The van der Waals surface area contributed by atoms with Gasteiger partial charge in [-0.1, -0.05) is 0 Å². The van der Waals surface area contributed by atoms with Crippen molar-refractivity contribution in [3.8, 4) is 5.75 Å². The molecule has 0 bridgehead atoms. The number of piperidine rings is 1. The number of nitrogens with one attached hydrogen (secondary N) is 1. The molecule has 5 rings (SSSR count). The van der Waals surface area contributed by atoms with Crippen molar-refractivity contribution in [2.24, 2.45) is 0 Å². The number of hydrogen-bond donors (Lipinski definition) is 1.